The van der Waals surface area contributed by atoms with E-state index in [2.05, 4.69) is 0 Å². The summed E-state index contributed by atoms with van der Waals surface area (Å²) in [5, 5.41) is 1.58. The van der Waals surface area contributed by atoms with E-state index < -0.39 is 24.5 Å². The Morgan fingerprint density at radius 3 is 2.35 bits per heavy atom. The maximum absolute atomic E-state index is 11.9. The largest absolute Gasteiger partial charge is 0.471 e. The first-order chi connectivity index (χ1) is 7.71. The fourth-order valence-electron chi connectivity index (χ4n) is 2.01. The minimum Gasteiger partial charge on any atom is -0.339 e. The maximum Gasteiger partial charge on any atom is 0.471 e. The molecule has 2 atom stereocenters. The molecule has 0 aliphatic carbocycles. The van der Waals surface area contributed by atoms with Crippen LogP contribution in [0.5, 0.6) is 0 Å². The number of likely N-dealkylation sites (tertiary alicyclic amines) is 1. The van der Waals surface area contributed by atoms with Crippen LogP contribution in [0, 0.1) is 5.92 Å². The highest BCUT2D eigenvalue weighted by atomic mass is 19.4. The van der Waals surface area contributed by atoms with Gasteiger partial charge in [-0.2, -0.15) is 13.2 Å². The standard InChI is InChI=1S/C10H15F3N2O2/c1-6-3-7(2)15(5-6)8(16)4-14-9(17)10(11,12)13/h6-7H,3-5H2,1-2H3,(H,14,17). The van der Waals surface area contributed by atoms with E-state index in [1.54, 1.807) is 5.32 Å². The molecule has 2 unspecified atom stereocenters. The molecule has 1 saturated heterocycles. The molecule has 98 valence electrons. The van der Waals surface area contributed by atoms with Crippen LogP contribution in [0.15, 0.2) is 0 Å². The average molecular weight is 252 g/mol. The molecule has 0 aromatic rings. The molecule has 4 nitrogen and oxygen atoms in total. The van der Waals surface area contributed by atoms with E-state index in [0.29, 0.717) is 12.5 Å². The van der Waals surface area contributed by atoms with Crippen molar-refractivity contribution in [2.45, 2.75) is 32.5 Å². The Morgan fingerprint density at radius 2 is 1.94 bits per heavy atom. The van der Waals surface area contributed by atoms with Gasteiger partial charge in [0.2, 0.25) is 5.91 Å². The lowest BCUT2D eigenvalue weighted by Crippen LogP contribution is -2.45. The number of hydrogen-bond acceptors (Lipinski definition) is 2. The third-order valence-electron chi connectivity index (χ3n) is 2.76. The van der Waals surface area contributed by atoms with E-state index in [1.807, 2.05) is 13.8 Å². The first-order valence-electron chi connectivity index (χ1n) is 5.36. The van der Waals surface area contributed by atoms with Crippen LogP contribution in [0.2, 0.25) is 0 Å². The van der Waals surface area contributed by atoms with Crippen molar-refractivity contribution < 1.29 is 22.8 Å². The molecule has 17 heavy (non-hydrogen) atoms. The average Bonchev–Trinajstić information content (AvgIpc) is 2.52. The van der Waals surface area contributed by atoms with Crippen LogP contribution in [0.4, 0.5) is 13.2 Å². The first kappa shape index (κ1) is 13.8. The number of nitrogens with one attached hydrogen (secondary N) is 1. The number of alkyl halides is 3. The quantitative estimate of drug-likeness (QED) is 0.794. The summed E-state index contributed by atoms with van der Waals surface area (Å²) in [6.07, 6.45) is -4.11. The van der Waals surface area contributed by atoms with Gasteiger partial charge in [-0.3, -0.25) is 9.59 Å². The molecular weight excluding hydrogens is 237 g/mol. The predicted molar refractivity (Wildman–Crippen MR) is 54.0 cm³/mol. The van der Waals surface area contributed by atoms with Crippen LogP contribution in [0.1, 0.15) is 20.3 Å². The van der Waals surface area contributed by atoms with E-state index in [0.717, 1.165) is 6.42 Å². The van der Waals surface area contributed by atoms with Crippen LogP contribution < -0.4 is 5.32 Å². The second kappa shape index (κ2) is 4.93. The molecule has 1 aliphatic rings. The number of amides is 2. The lowest BCUT2D eigenvalue weighted by molar-refractivity contribution is -0.174. The Bertz CT molecular complexity index is 317. The number of halogens is 3. The highest BCUT2D eigenvalue weighted by Crippen LogP contribution is 2.22. The number of rotatable bonds is 2. The van der Waals surface area contributed by atoms with Crippen molar-refractivity contribution in [3.63, 3.8) is 0 Å². The molecule has 1 rings (SSSR count). The Morgan fingerprint density at radius 1 is 1.35 bits per heavy atom. The highest BCUT2D eigenvalue weighted by Gasteiger charge is 2.39. The van der Waals surface area contributed by atoms with Crippen LogP contribution in [-0.2, 0) is 9.59 Å². The van der Waals surface area contributed by atoms with Crippen LogP contribution >= 0.6 is 0 Å². The molecule has 0 aromatic carbocycles. The van der Waals surface area contributed by atoms with Gasteiger partial charge < -0.3 is 10.2 Å². The fourth-order valence-corrected chi connectivity index (χ4v) is 2.01. The van der Waals surface area contributed by atoms with Gasteiger partial charge in [0.15, 0.2) is 0 Å². The smallest absolute Gasteiger partial charge is 0.339 e. The minimum atomic E-state index is -4.94. The zero-order valence-electron chi connectivity index (χ0n) is 9.67. The van der Waals surface area contributed by atoms with E-state index in [1.165, 1.54) is 4.90 Å². The summed E-state index contributed by atoms with van der Waals surface area (Å²) in [6, 6.07) is 0.0142. The molecule has 0 aromatic heterocycles. The molecule has 1 N–H and O–H groups in total. The number of carbonyl (C=O) groups is 2. The molecule has 0 spiro atoms. The summed E-state index contributed by atoms with van der Waals surface area (Å²) in [4.78, 5) is 23.6. The molecule has 0 saturated carbocycles. The monoisotopic (exact) mass is 252 g/mol. The SMILES string of the molecule is CC1CC(C)N(C(=O)CNC(=O)C(F)(F)F)C1. The Kier molecular flexibility index (Phi) is 4.00. The van der Waals surface area contributed by atoms with E-state index in [-0.39, 0.29) is 6.04 Å². The fraction of sp³-hybridized carbons (Fsp3) is 0.800. The number of nitrogens with zero attached hydrogens (tertiary/aromatic N) is 1. The molecule has 1 fully saturated rings. The van der Waals surface area contributed by atoms with Gasteiger partial charge in [-0.15, -0.1) is 0 Å². The number of hydrogen-bond donors (Lipinski definition) is 1. The zero-order chi connectivity index (χ0) is 13.2. The third-order valence-corrected chi connectivity index (χ3v) is 2.76. The molecule has 7 heteroatoms. The summed E-state index contributed by atoms with van der Waals surface area (Å²) in [7, 11) is 0. The van der Waals surface area contributed by atoms with E-state index in [9.17, 15) is 22.8 Å². The van der Waals surface area contributed by atoms with Crippen molar-refractivity contribution >= 4 is 11.8 Å². The Labute approximate surface area is 97.1 Å². The highest BCUT2D eigenvalue weighted by molar-refractivity contribution is 5.87. The van der Waals surface area contributed by atoms with E-state index in [4.69, 9.17) is 0 Å². The topological polar surface area (TPSA) is 49.4 Å². The van der Waals surface area contributed by atoms with E-state index >= 15 is 0 Å². The van der Waals surface area contributed by atoms with Crippen molar-refractivity contribution in [3.05, 3.63) is 0 Å². The normalized spacial score (nSPS) is 24.9. The van der Waals surface area contributed by atoms with Gasteiger partial charge >= 0.3 is 12.1 Å². The Hall–Kier alpha value is -1.27. The second-order valence-corrected chi connectivity index (χ2v) is 4.42. The van der Waals surface area contributed by atoms with Gasteiger partial charge in [0.1, 0.15) is 0 Å². The van der Waals surface area contributed by atoms with Gasteiger partial charge in [0.25, 0.3) is 0 Å². The van der Waals surface area contributed by atoms with Gasteiger partial charge in [0.05, 0.1) is 6.54 Å². The zero-order valence-corrected chi connectivity index (χ0v) is 9.67. The summed E-state index contributed by atoms with van der Waals surface area (Å²) < 4.78 is 35.6. The third kappa shape index (κ3) is 3.61. The van der Waals surface area contributed by atoms with Crippen LogP contribution in [-0.4, -0.2) is 42.0 Å². The van der Waals surface area contributed by atoms with Gasteiger partial charge in [-0.25, -0.2) is 0 Å². The van der Waals surface area contributed by atoms with Crippen LogP contribution in [0.3, 0.4) is 0 Å². The van der Waals surface area contributed by atoms with Crippen molar-refractivity contribution in [1.82, 2.24) is 10.2 Å². The lowest BCUT2D eigenvalue weighted by atomic mass is 10.1. The van der Waals surface area contributed by atoms with Gasteiger partial charge in [-0.05, 0) is 19.3 Å². The first-order valence-corrected chi connectivity index (χ1v) is 5.36. The van der Waals surface area contributed by atoms with Crippen LogP contribution in [0.25, 0.3) is 0 Å². The van der Waals surface area contributed by atoms with Crippen molar-refractivity contribution in [1.29, 1.82) is 0 Å². The molecular formula is C10H15F3N2O2. The van der Waals surface area contributed by atoms with Crippen molar-refractivity contribution in [3.8, 4) is 0 Å². The van der Waals surface area contributed by atoms with Crippen molar-refractivity contribution in [2.75, 3.05) is 13.1 Å². The number of carbonyl (C=O) groups excluding carboxylic acids is 2. The summed E-state index contributed by atoms with van der Waals surface area (Å²) in [5.74, 6) is -2.21. The molecule has 0 radical (unpaired) electrons. The lowest BCUT2D eigenvalue weighted by Gasteiger charge is -2.21. The Balaban J connectivity index is 2.43. The van der Waals surface area contributed by atoms with Gasteiger partial charge in [-0.1, -0.05) is 6.92 Å². The molecule has 1 heterocycles. The second-order valence-electron chi connectivity index (χ2n) is 4.42. The molecule has 2 amide bonds. The summed E-state index contributed by atoms with van der Waals surface area (Å²) in [6.45, 7) is 3.74. The summed E-state index contributed by atoms with van der Waals surface area (Å²) in [5.41, 5.74) is 0. The van der Waals surface area contributed by atoms with Crippen molar-refractivity contribution in [2.24, 2.45) is 5.92 Å². The summed E-state index contributed by atoms with van der Waals surface area (Å²) >= 11 is 0. The minimum absolute atomic E-state index is 0.0142. The predicted octanol–water partition coefficient (Wildman–Crippen LogP) is 0.922. The maximum atomic E-state index is 11.9. The molecule has 0 bridgehead atoms. The van der Waals surface area contributed by atoms with Gasteiger partial charge in [0, 0.05) is 12.6 Å². The molecule has 1 aliphatic heterocycles.